The summed E-state index contributed by atoms with van der Waals surface area (Å²) >= 11 is 5.92. The Balaban J connectivity index is 1.38. The molecule has 6 nitrogen and oxygen atoms in total. The summed E-state index contributed by atoms with van der Waals surface area (Å²) in [6, 6.07) is 6.66. The monoisotopic (exact) mass is 400 g/mol. The van der Waals surface area contributed by atoms with Crippen molar-refractivity contribution in [3.8, 4) is 5.75 Å². The smallest absolute Gasteiger partial charge is 0.404 e. The molecule has 0 amide bonds. The molecule has 26 heavy (non-hydrogen) atoms. The fourth-order valence-electron chi connectivity index (χ4n) is 5.38. The van der Waals surface area contributed by atoms with Crippen LogP contribution in [0.5, 0.6) is 5.75 Å². The Bertz CT molecular complexity index is 684. The van der Waals surface area contributed by atoms with Gasteiger partial charge in [-0.2, -0.15) is 0 Å². The molecule has 2 unspecified atom stereocenters. The molecular weight excluding hydrogens is 379 g/mol. The Labute approximate surface area is 157 Å². The number of hydrogen-bond donors (Lipinski definition) is 0. The first-order valence-corrected chi connectivity index (χ1v) is 11.1. The summed E-state index contributed by atoms with van der Waals surface area (Å²) in [5.74, 6) is 2.37. The lowest BCUT2D eigenvalue weighted by Gasteiger charge is -2.56. The van der Waals surface area contributed by atoms with Crippen LogP contribution in [-0.4, -0.2) is 18.5 Å². The molecule has 142 valence electrons. The van der Waals surface area contributed by atoms with Crippen LogP contribution in [0.3, 0.4) is 0 Å². The molecule has 1 saturated heterocycles. The minimum atomic E-state index is -3.87. The van der Waals surface area contributed by atoms with Crippen molar-refractivity contribution >= 4 is 19.4 Å². The van der Waals surface area contributed by atoms with Crippen molar-refractivity contribution in [1.82, 2.24) is 0 Å². The van der Waals surface area contributed by atoms with Gasteiger partial charge >= 0.3 is 7.82 Å². The first-order chi connectivity index (χ1) is 12.5. The Morgan fingerprint density at radius 1 is 1.04 bits per heavy atom. The Morgan fingerprint density at radius 2 is 1.62 bits per heavy atom. The molecule has 8 heteroatoms. The highest BCUT2D eigenvalue weighted by Crippen LogP contribution is 2.64. The molecule has 5 aliphatic rings. The highest BCUT2D eigenvalue weighted by atomic mass is 35.5. The highest BCUT2D eigenvalue weighted by Gasteiger charge is 2.56. The van der Waals surface area contributed by atoms with Crippen LogP contribution in [0.25, 0.3) is 0 Å². The second kappa shape index (κ2) is 6.47. The van der Waals surface area contributed by atoms with E-state index in [1.54, 1.807) is 24.3 Å². The van der Waals surface area contributed by atoms with Crippen molar-refractivity contribution in [3.05, 3.63) is 29.3 Å². The lowest BCUT2D eigenvalue weighted by molar-refractivity contribution is -0.468. The number of phosphoric ester groups is 1. The lowest BCUT2D eigenvalue weighted by atomic mass is 9.54. The third-order valence-electron chi connectivity index (χ3n) is 5.94. The first kappa shape index (κ1) is 17.5. The van der Waals surface area contributed by atoms with Gasteiger partial charge in [-0.05, 0) is 80.5 Å². The molecule has 0 radical (unpaired) electrons. The molecule has 4 aliphatic carbocycles. The summed E-state index contributed by atoms with van der Waals surface area (Å²) in [5, 5.41) is 0.575. The van der Waals surface area contributed by atoms with Gasteiger partial charge in [0.15, 0.2) is 0 Å². The normalized spacial score (nSPS) is 40.0. The second-order valence-electron chi connectivity index (χ2n) is 8.10. The third kappa shape index (κ3) is 3.44. The standard InChI is InChI=1S/C18H22ClO6P/c19-15-1-3-16(4-2-15)23-26(20,24-17-11-21-22-17)25-18-8-12-5-13(9-18)7-14(6-12)10-18/h1-4,12-14,17H,5-11H2. The zero-order valence-corrected chi connectivity index (χ0v) is 16.0. The Kier molecular flexibility index (Phi) is 4.35. The summed E-state index contributed by atoms with van der Waals surface area (Å²) in [5.41, 5.74) is -0.415. The van der Waals surface area contributed by atoms with Crippen molar-refractivity contribution in [2.45, 2.75) is 50.4 Å². The predicted molar refractivity (Wildman–Crippen MR) is 93.6 cm³/mol. The molecule has 4 bridgehead atoms. The summed E-state index contributed by atoms with van der Waals surface area (Å²) in [6.07, 6.45) is 5.86. The van der Waals surface area contributed by atoms with Crippen LogP contribution in [-0.2, 0) is 23.4 Å². The van der Waals surface area contributed by atoms with E-state index in [4.69, 9.17) is 30.1 Å². The van der Waals surface area contributed by atoms with Crippen LogP contribution >= 0.6 is 19.4 Å². The Morgan fingerprint density at radius 3 is 2.12 bits per heavy atom. The molecule has 5 fully saturated rings. The molecule has 0 spiro atoms. The SMILES string of the molecule is O=P(Oc1ccc(Cl)cc1)(OC1COO1)OC12CC3CC(CC(C3)C1)C2. The predicted octanol–water partition coefficient (Wildman–Crippen LogP) is 5.12. The van der Waals surface area contributed by atoms with Gasteiger partial charge in [0.05, 0.1) is 5.60 Å². The molecule has 2 atom stereocenters. The van der Waals surface area contributed by atoms with Crippen molar-refractivity contribution in [2.75, 3.05) is 6.61 Å². The van der Waals surface area contributed by atoms with Crippen LogP contribution in [0.1, 0.15) is 38.5 Å². The quantitative estimate of drug-likeness (QED) is 0.488. The van der Waals surface area contributed by atoms with E-state index in [1.165, 1.54) is 19.3 Å². The van der Waals surface area contributed by atoms with E-state index in [0.717, 1.165) is 19.3 Å². The van der Waals surface area contributed by atoms with Crippen molar-refractivity contribution in [1.29, 1.82) is 0 Å². The first-order valence-electron chi connectivity index (χ1n) is 9.22. The third-order valence-corrected chi connectivity index (χ3v) is 7.74. The zero-order valence-electron chi connectivity index (χ0n) is 14.3. The summed E-state index contributed by atoms with van der Waals surface area (Å²) in [4.78, 5) is 9.49. The van der Waals surface area contributed by atoms with Gasteiger partial charge in [-0.3, -0.25) is 4.52 Å². The molecule has 4 saturated carbocycles. The number of benzene rings is 1. The Hall–Kier alpha value is -0.620. The van der Waals surface area contributed by atoms with Gasteiger partial charge in [0.2, 0.25) is 6.29 Å². The van der Waals surface area contributed by atoms with Crippen molar-refractivity contribution < 1.29 is 27.9 Å². The van der Waals surface area contributed by atoms with E-state index < -0.39 is 19.7 Å². The van der Waals surface area contributed by atoms with Crippen molar-refractivity contribution in [2.24, 2.45) is 17.8 Å². The lowest BCUT2D eigenvalue weighted by Crippen LogP contribution is -2.52. The second-order valence-corrected chi connectivity index (χ2v) is 10.0. The van der Waals surface area contributed by atoms with Crippen LogP contribution in [0, 0.1) is 17.8 Å². The molecule has 6 rings (SSSR count). The highest BCUT2D eigenvalue weighted by molar-refractivity contribution is 7.49. The van der Waals surface area contributed by atoms with Gasteiger partial charge in [0.25, 0.3) is 0 Å². The van der Waals surface area contributed by atoms with E-state index in [1.807, 2.05) is 0 Å². The number of phosphoric acid groups is 1. The molecule has 0 aromatic heterocycles. The minimum Gasteiger partial charge on any atom is -0.404 e. The van der Waals surface area contributed by atoms with Gasteiger partial charge in [0.1, 0.15) is 12.4 Å². The molecule has 0 N–H and O–H groups in total. The van der Waals surface area contributed by atoms with Crippen LogP contribution < -0.4 is 4.52 Å². The van der Waals surface area contributed by atoms with Crippen LogP contribution in [0.15, 0.2) is 24.3 Å². The van der Waals surface area contributed by atoms with Crippen LogP contribution in [0.4, 0.5) is 0 Å². The van der Waals surface area contributed by atoms with Gasteiger partial charge in [0, 0.05) is 5.02 Å². The molecule has 1 heterocycles. The zero-order chi connectivity index (χ0) is 17.8. The topological polar surface area (TPSA) is 63.2 Å². The maximum absolute atomic E-state index is 13.5. The average molecular weight is 401 g/mol. The average Bonchev–Trinajstić information content (AvgIpc) is 2.52. The summed E-state index contributed by atoms with van der Waals surface area (Å²) in [6.45, 7) is 0.207. The maximum Gasteiger partial charge on any atom is 0.533 e. The van der Waals surface area contributed by atoms with Gasteiger partial charge < -0.3 is 4.52 Å². The van der Waals surface area contributed by atoms with E-state index >= 15 is 0 Å². The van der Waals surface area contributed by atoms with Crippen LogP contribution in [0.2, 0.25) is 5.02 Å². The number of rotatable bonds is 6. The summed E-state index contributed by atoms with van der Waals surface area (Å²) < 4.78 is 31.0. The fourth-order valence-corrected chi connectivity index (χ4v) is 7.09. The largest absolute Gasteiger partial charge is 0.533 e. The van der Waals surface area contributed by atoms with E-state index in [9.17, 15) is 4.57 Å². The maximum atomic E-state index is 13.5. The van der Waals surface area contributed by atoms with E-state index in [0.29, 0.717) is 28.5 Å². The molecular formula is C18H22ClO6P. The van der Waals surface area contributed by atoms with E-state index in [2.05, 4.69) is 4.89 Å². The minimum absolute atomic E-state index is 0.207. The van der Waals surface area contributed by atoms with Crippen molar-refractivity contribution in [3.63, 3.8) is 0 Å². The van der Waals surface area contributed by atoms with Gasteiger partial charge in [-0.1, -0.05) is 11.6 Å². The molecule has 1 aliphatic heterocycles. The number of hydrogen-bond acceptors (Lipinski definition) is 6. The fraction of sp³-hybridized carbons (Fsp3) is 0.667. The number of halogens is 1. The van der Waals surface area contributed by atoms with Gasteiger partial charge in [-0.25, -0.2) is 18.9 Å². The molecule has 1 aromatic carbocycles. The van der Waals surface area contributed by atoms with Gasteiger partial charge in [-0.15, -0.1) is 0 Å². The van der Waals surface area contributed by atoms with E-state index in [-0.39, 0.29) is 6.61 Å². The molecule has 1 aromatic rings. The summed E-state index contributed by atoms with van der Waals surface area (Å²) in [7, 11) is -3.87.